The molecule has 1 aromatic rings. The monoisotopic (exact) mass is 178 g/mol. The smallest absolute Gasteiger partial charge is 0.150 e. The van der Waals surface area contributed by atoms with Crippen LogP contribution in [-0.4, -0.2) is 12.6 Å². The Morgan fingerprint density at radius 3 is 2.54 bits per heavy atom. The molecule has 0 saturated carbocycles. The van der Waals surface area contributed by atoms with Crippen molar-refractivity contribution in [2.24, 2.45) is 0 Å². The number of carbonyl (C=O) groups is 2. The van der Waals surface area contributed by atoms with Crippen LogP contribution in [0.25, 0.3) is 6.08 Å². The third kappa shape index (κ3) is 2.33. The Bertz CT molecular complexity index is 356. The number of benzene rings is 1. The number of hydrogen-bond acceptors (Lipinski definition) is 2. The van der Waals surface area contributed by atoms with Crippen molar-refractivity contribution in [1.82, 2.24) is 0 Å². The first-order chi connectivity index (χ1) is 6.27. The molecule has 0 aliphatic heterocycles. The Kier molecular flexibility index (Phi) is 3.09. The average molecular weight is 178 g/mol. The molecule has 2 nitrogen and oxygen atoms in total. The van der Waals surface area contributed by atoms with Gasteiger partial charge in [0.15, 0.2) is 6.29 Å². The van der Waals surface area contributed by atoms with Gasteiger partial charge in [0.25, 0.3) is 0 Å². The summed E-state index contributed by atoms with van der Waals surface area (Å²) >= 11 is 0. The molecule has 0 aromatic heterocycles. The predicted molar refractivity (Wildman–Crippen MR) is 46.9 cm³/mol. The summed E-state index contributed by atoms with van der Waals surface area (Å²) in [6, 6.07) is 3.76. The molecule has 0 spiro atoms. The van der Waals surface area contributed by atoms with Crippen molar-refractivity contribution < 1.29 is 14.0 Å². The van der Waals surface area contributed by atoms with E-state index in [1.54, 1.807) is 0 Å². The van der Waals surface area contributed by atoms with E-state index in [0.717, 1.165) is 0 Å². The summed E-state index contributed by atoms with van der Waals surface area (Å²) in [6.45, 7) is 0. The van der Waals surface area contributed by atoms with Gasteiger partial charge in [0, 0.05) is 5.56 Å². The van der Waals surface area contributed by atoms with Gasteiger partial charge in [-0.15, -0.1) is 0 Å². The van der Waals surface area contributed by atoms with Crippen molar-refractivity contribution in [3.63, 3.8) is 0 Å². The normalized spacial score (nSPS) is 10.2. The summed E-state index contributed by atoms with van der Waals surface area (Å²) in [5.74, 6) is -0.434. The maximum atomic E-state index is 12.7. The third-order valence-electron chi connectivity index (χ3n) is 1.53. The molecule has 0 aliphatic carbocycles. The second-order valence-corrected chi connectivity index (χ2v) is 2.39. The first-order valence-electron chi connectivity index (χ1n) is 3.64. The Labute approximate surface area is 74.7 Å². The molecule has 66 valence electrons. The lowest BCUT2D eigenvalue weighted by molar-refractivity contribution is -0.104. The summed E-state index contributed by atoms with van der Waals surface area (Å²) in [7, 11) is 0. The van der Waals surface area contributed by atoms with Crippen LogP contribution in [-0.2, 0) is 4.79 Å². The van der Waals surface area contributed by atoms with Crippen LogP contribution in [0, 0.1) is 5.82 Å². The Hall–Kier alpha value is -1.77. The lowest BCUT2D eigenvalue weighted by atomic mass is 10.1. The van der Waals surface area contributed by atoms with Gasteiger partial charge in [-0.3, -0.25) is 9.59 Å². The Morgan fingerprint density at radius 2 is 1.92 bits per heavy atom. The van der Waals surface area contributed by atoms with Gasteiger partial charge >= 0.3 is 0 Å². The highest BCUT2D eigenvalue weighted by atomic mass is 19.1. The minimum atomic E-state index is -0.434. The van der Waals surface area contributed by atoms with Crippen LogP contribution < -0.4 is 0 Å². The van der Waals surface area contributed by atoms with E-state index in [4.69, 9.17) is 0 Å². The summed E-state index contributed by atoms with van der Waals surface area (Å²) in [4.78, 5) is 20.5. The van der Waals surface area contributed by atoms with Crippen LogP contribution in [0.15, 0.2) is 24.3 Å². The molecule has 0 unspecified atom stereocenters. The quantitative estimate of drug-likeness (QED) is 0.522. The minimum Gasteiger partial charge on any atom is -0.299 e. The van der Waals surface area contributed by atoms with E-state index in [0.29, 0.717) is 23.7 Å². The van der Waals surface area contributed by atoms with Gasteiger partial charge < -0.3 is 0 Å². The van der Waals surface area contributed by atoms with E-state index in [1.807, 2.05) is 0 Å². The number of carbonyl (C=O) groups excluding carboxylic acids is 2. The second-order valence-electron chi connectivity index (χ2n) is 2.39. The fraction of sp³-hybridized carbons (Fsp3) is 0. The van der Waals surface area contributed by atoms with Gasteiger partial charge in [0.05, 0.1) is 0 Å². The zero-order chi connectivity index (χ0) is 9.68. The zero-order valence-corrected chi connectivity index (χ0v) is 6.74. The number of halogens is 1. The maximum absolute atomic E-state index is 12.7. The number of aldehydes is 2. The second kappa shape index (κ2) is 4.30. The summed E-state index contributed by atoms with van der Waals surface area (Å²) in [6.07, 6.45) is 3.78. The highest BCUT2D eigenvalue weighted by Gasteiger charge is 1.99. The molecule has 1 aromatic carbocycles. The highest BCUT2D eigenvalue weighted by Crippen LogP contribution is 2.10. The maximum Gasteiger partial charge on any atom is 0.150 e. The van der Waals surface area contributed by atoms with Crippen LogP contribution in [0.3, 0.4) is 0 Å². The van der Waals surface area contributed by atoms with Crippen LogP contribution in [0.1, 0.15) is 15.9 Å². The van der Waals surface area contributed by atoms with E-state index in [2.05, 4.69) is 0 Å². The zero-order valence-electron chi connectivity index (χ0n) is 6.74. The third-order valence-corrected chi connectivity index (χ3v) is 1.53. The highest BCUT2D eigenvalue weighted by molar-refractivity contribution is 5.84. The minimum absolute atomic E-state index is 0.361. The van der Waals surface area contributed by atoms with Gasteiger partial charge in [0.1, 0.15) is 12.1 Å². The number of allylic oxidation sites excluding steroid dienone is 1. The van der Waals surface area contributed by atoms with Gasteiger partial charge in [-0.05, 0) is 29.8 Å². The molecule has 0 radical (unpaired) electrons. The Morgan fingerprint density at radius 1 is 1.15 bits per heavy atom. The summed E-state index contributed by atoms with van der Waals surface area (Å²) in [5.41, 5.74) is 0.765. The van der Waals surface area contributed by atoms with Crippen LogP contribution in [0.4, 0.5) is 4.39 Å². The average Bonchev–Trinajstić information content (AvgIpc) is 2.15. The van der Waals surface area contributed by atoms with Gasteiger partial charge in [-0.1, -0.05) is 6.08 Å². The molecule has 0 atom stereocenters. The van der Waals surface area contributed by atoms with Crippen LogP contribution in [0.5, 0.6) is 0 Å². The first kappa shape index (κ1) is 9.32. The molecule has 0 N–H and O–H groups in total. The molecule has 13 heavy (non-hydrogen) atoms. The molecule has 1 rings (SSSR count). The molecule has 0 bridgehead atoms. The van der Waals surface area contributed by atoms with Crippen LogP contribution in [0.2, 0.25) is 0 Å². The lowest BCUT2D eigenvalue weighted by Crippen LogP contribution is -1.87. The van der Waals surface area contributed by atoms with Crippen molar-refractivity contribution in [2.75, 3.05) is 0 Å². The van der Waals surface area contributed by atoms with E-state index >= 15 is 0 Å². The number of hydrogen-bond donors (Lipinski definition) is 0. The van der Waals surface area contributed by atoms with Crippen LogP contribution >= 0.6 is 0 Å². The fourth-order valence-corrected chi connectivity index (χ4v) is 0.940. The summed E-state index contributed by atoms with van der Waals surface area (Å²) in [5, 5.41) is 0. The van der Waals surface area contributed by atoms with Crippen molar-refractivity contribution in [2.45, 2.75) is 0 Å². The van der Waals surface area contributed by atoms with Gasteiger partial charge in [0.2, 0.25) is 0 Å². The molecular formula is C10H7FO2. The molecule has 0 amide bonds. The molecule has 0 aliphatic rings. The molecule has 3 heteroatoms. The predicted octanol–water partition coefficient (Wildman–Crippen LogP) is 1.85. The van der Waals surface area contributed by atoms with Crippen molar-refractivity contribution in [3.8, 4) is 0 Å². The van der Waals surface area contributed by atoms with Crippen molar-refractivity contribution in [3.05, 3.63) is 41.2 Å². The molecule has 0 saturated heterocycles. The Balaban J connectivity index is 3.14. The lowest BCUT2D eigenvalue weighted by Gasteiger charge is -1.97. The van der Waals surface area contributed by atoms with E-state index < -0.39 is 5.82 Å². The molecular weight excluding hydrogens is 171 g/mol. The first-order valence-corrected chi connectivity index (χ1v) is 3.64. The van der Waals surface area contributed by atoms with Gasteiger partial charge in [-0.25, -0.2) is 4.39 Å². The number of rotatable bonds is 3. The van der Waals surface area contributed by atoms with E-state index in [-0.39, 0.29) is 0 Å². The van der Waals surface area contributed by atoms with Crippen molar-refractivity contribution >= 4 is 18.6 Å². The van der Waals surface area contributed by atoms with E-state index in [1.165, 1.54) is 30.4 Å². The molecule has 0 fully saturated rings. The standard InChI is InChI=1S/C10H7FO2/c11-10-4-3-9(7-13)8(6-10)2-1-5-12/h1-7H. The van der Waals surface area contributed by atoms with Crippen molar-refractivity contribution in [1.29, 1.82) is 0 Å². The van der Waals surface area contributed by atoms with Gasteiger partial charge in [-0.2, -0.15) is 0 Å². The molecule has 0 heterocycles. The topological polar surface area (TPSA) is 34.1 Å². The largest absolute Gasteiger partial charge is 0.299 e. The van der Waals surface area contributed by atoms with E-state index in [9.17, 15) is 14.0 Å². The fourth-order valence-electron chi connectivity index (χ4n) is 0.940. The SMILES string of the molecule is O=CC=Cc1cc(F)ccc1C=O. The summed E-state index contributed by atoms with van der Waals surface area (Å²) < 4.78 is 12.7.